The summed E-state index contributed by atoms with van der Waals surface area (Å²) in [5, 5.41) is 9.45. The van der Waals surface area contributed by atoms with E-state index >= 15 is 0 Å². The van der Waals surface area contributed by atoms with Crippen LogP contribution in [0.15, 0.2) is 0 Å². The van der Waals surface area contributed by atoms with Crippen molar-refractivity contribution < 1.29 is 27.8 Å². The van der Waals surface area contributed by atoms with Gasteiger partial charge in [-0.25, -0.2) is 4.79 Å². The molecule has 1 heterocycles. The lowest BCUT2D eigenvalue weighted by Gasteiger charge is -2.37. The number of β-amino-alcohol motifs (C(OH)–C–C–N with tert-alkyl or cyclic N) is 1. The summed E-state index contributed by atoms with van der Waals surface area (Å²) in [4.78, 5) is 12.7. The van der Waals surface area contributed by atoms with Crippen molar-refractivity contribution in [2.24, 2.45) is 5.92 Å². The second-order valence-electron chi connectivity index (χ2n) is 5.43. The molecule has 1 rings (SSSR count). The Morgan fingerprint density at radius 1 is 1.33 bits per heavy atom. The van der Waals surface area contributed by atoms with Crippen molar-refractivity contribution in [3.05, 3.63) is 0 Å². The number of aliphatic hydroxyl groups is 1. The summed E-state index contributed by atoms with van der Waals surface area (Å²) in [6, 6.07) is 0. The van der Waals surface area contributed by atoms with E-state index in [1.165, 1.54) is 0 Å². The molecule has 0 aromatic heterocycles. The molecule has 0 aliphatic carbocycles. The van der Waals surface area contributed by atoms with Gasteiger partial charge in [0.05, 0.1) is 18.6 Å². The molecular weight excluding hydrogens is 251 g/mol. The number of carbonyl (C=O) groups is 1. The molecule has 0 bridgehead atoms. The van der Waals surface area contributed by atoms with Gasteiger partial charge in [-0.1, -0.05) is 0 Å². The fourth-order valence-corrected chi connectivity index (χ4v) is 1.81. The lowest BCUT2D eigenvalue weighted by atomic mass is 9.93. The smallest absolute Gasteiger partial charge is 0.410 e. The summed E-state index contributed by atoms with van der Waals surface area (Å²) in [5.74, 6) is -1.77. The average molecular weight is 269 g/mol. The lowest BCUT2D eigenvalue weighted by molar-refractivity contribution is -0.211. The summed E-state index contributed by atoms with van der Waals surface area (Å²) < 4.78 is 42.5. The third-order valence-electron chi connectivity index (χ3n) is 2.65. The van der Waals surface area contributed by atoms with Gasteiger partial charge in [0.2, 0.25) is 0 Å². The van der Waals surface area contributed by atoms with Gasteiger partial charge in [0, 0.05) is 6.54 Å². The first kappa shape index (κ1) is 15.1. The van der Waals surface area contributed by atoms with Gasteiger partial charge in [-0.3, -0.25) is 0 Å². The van der Waals surface area contributed by atoms with Crippen LogP contribution in [0.3, 0.4) is 0 Å². The van der Waals surface area contributed by atoms with E-state index in [1.54, 1.807) is 20.8 Å². The fourth-order valence-electron chi connectivity index (χ4n) is 1.81. The third kappa shape index (κ3) is 4.04. The standard InChI is InChI=1S/C11H18F3NO3/c1-10(2,3)18-9(17)15-5-4-7(8(16)6-15)11(12,13)14/h7-8,16H,4-6H2,1-3H3. The molecule has 18 heavy (non-hydrogen) atoms. The minimum atomic E-state index is -4.43. The van der Waals surface area contributed by atoms with Crippen LogP contribution in [0.2, 0.25) is 0 Å². The van der Waals surface area contributed by atoms with Crippen LogP contribution in [0.4, 0.5) is 18.0 Å². The summed E-state index contributed by atoms with van der Waals surface area (Å²) >= 11 is 0. The molecule has 0 radical (unpaired) electrons. The van der Waals surface area contributed by atoms with Crippen LogP contribution in [0.25, 0.3) is 0 Å². The predicted molar refractivity (Wildman–Crippen MR) is 58.0 cm³/mol. The maximum Gasteiger partial charge on any atom is 0.410 e. The van der Waals surface area contributed by atoms with Crippen molar-refractivity contribution in [3.63, 3.8) is 0 Å². The van der Waals surface area contributed by atoms with Crippen molar-refractivity contribution in [1.82, 2.24) is 4.90 Å². The Labute approximate surface area is 104 Å². The molecule has 1 aliphatic heterocycles. The molecule has 106 valence electrons. The topological polar surface area (TPSA) is 49.8 Å². The maximum atomic E-state index is 12.5. The molecule has 2 atom stereocenters. The number of rotatable bonds is 0. The van der Waals surface area contributed by atoms with E-state index in [4.69, 9.17) is 4.74 Å². The number of piperidine rings is 1. The van der Waals surface area contributed by atoms with Crippen molar-refractivity contribution in [2.75, 3.05) is 13.1 Å². The summed E-state index contributed by atoms with van der Waals surface area (Å²) in [6.45, 7) is 4.60. The zero-order valence-electron chi connectivity index (χ0n) is 10.6. The van der Waals surface area contributed by atoms with Gasteiger partial charge >= 0.3 is 12.3 Å². The minimum Gasteiger partial charge on any atom is -0.444 e. The Morgan fingerprint density at radius 2 is 1.89 bits per heavy atom. The molecular formula is C11H18F3NO3. The molecule has 1 fully saturated rings. The highest BCUT2D eigenvalue weighted by Gasteiger charge is 2.47. The highest BCUT2D eigenvalue weighted by Crippen LogP contribution is 2.34. The van der Waals surface area contributed by atoms with Crippen molar-refractivity contribution in [3.8, 4) is 0 Å². The largest absolute Gasteiger partial charge is 0.444 e. The Hall–Kier alpha value is -0.980. The van der Waals surface area contributed by atoms with Gasteiger partial charge in [-0.05, 0) is 27.2 Å². The van der Waals surface area contributed by atoms with E-state index in [0.717, 1.165) is 4.90 Å². The Bertz CT molecular complexity index is 312. The monoisotopic (exact) mass is 269 g/mol. The number of amides is 1. The number of likely N-dealkylation sites (tertiary alicyclic amines) is 1. The zero-order valence-corrected chi connectivity index (χ0v) is 10.6. The highest BCUT2D eigenvalue weighted by molar-refractivity contribution is 5.68. The van der Waals surface area contributed by atoms with Crippen molar-refractivity contribution in [1.29, 1.82) is 0 Å². The molecule has 1 amide bonds. The quantitative estimate of drug-likeness (QED) is 0.733. The number of halogens is 3. The molecule has 7 heteroatoms. The molecule has 2 unspecified atom stereocenters. The van der Waals surface area contributed by atoms with E-state index in [9.17, 15) is 23.1 Å². The molecule has 4 nitrogen and oxygen atoms in total. The van der Waals surface area contributed by atoms with Crippen LogP contribution in [0.1, 0.15) is 27.2 Å². The number of hydrogen-bond acceptors (Lipinski definition) is 3. The zero-order chi connectivity index (χ0) is 14.1. The molecule has 1 saturated heterocycles. The lowest BCUT2D eigenvalue weighted by Crippen LogP contribution is -2.51. The number of nitrogens with zero attached hydrogens (tertiary/aromatic N) is 1. The summed E-state index contributed by atoms with van der Waals surface area (Å²) in [5.41, 5.74) is -0.705. The third-order valence-corrected chi connectivity index (χ3v) is 2.65. The maximum absolute atomic E-state index is 12.5. The van der Waals surface area contributed by atoms with Crippen LogP contribution in [-0.2, 0) is 4.74 Å². The Morgan fingerprint density at radius 3 is 2.28 bits per heavy atom. The van der Waals surface area contributed by atoms with Gasteiger partial charge < -0.3 is 14.7 Å². The van der Waals surface area contributed by atoms with Crippen LogP contribution in [0.5, 0.6) is 0 Å². The van der Waals surface area contributed by atoms with Gasteiger partial charge in [-0.2, -0.15) is 13.2 Å². The second kappa shape index (κ2) is 4.95. The van der Waals surface area contributed by atoms with Gasteiger partial charge in [-0.15, -0.1) is 0 Å². The summed E-state index contributed by atoms with van der Waals surface area (Å²) in [6.07, 6.45) is -7.02. The molecule has 1 N–H and O–H groups in total. The Kier molecular flexibility index (Phi) is 4.15. The van der Waals surface area contributed by atoms with E-state index in [0.29, 0.717) is 0 Å². The molecule has 0 aromatic carbocycles. The second-order valence-corrected chi connectivity index (χ2v) is 5.43. The highest BCUT2D eigenvalue weighted by atomic mass is 19.4. The van der Waals surface area contributed by atoms with Gasteiger partial charge in [0.15, 0.2) is 0 Å². The van der Waals surface area contributed by atoms with Crippen LogP contribution >= 0.6 is 0 Å². The molecule has 0 spiro atoms. The minimum absolute atomic E-state index is 0.0594. The number of aliphatic hydroxyl groups excluding tert-OH is 1. The van der Waals surface area contributed by atoms with Crippen molar-refractivity contribution in [2.45, 2.75) is 45.1 Å². The van der Waals surface area contributed by atoms with E-state index in [2.05, 4.69) is 0 Å². The van der Waals surface area contributed by atoms with E-state index in [1.807, 2.05) is 0 Å². The van der Waals surface area contributed by atoms with Crippen molar-refractivity contribution >= 4 is 6.09 Å². The number of alkyl halides is 3. The average Bonchev–Trinajstić information content (AvgIpc) is 2.12. The molecule has 0 aromatic rings. The Balaban J connectivity index is 2.59. The molecule has 0 saturated carbocycles. The first-order valence-electron chi connectivity index (χ1n) is 5.73. The van der Waals surface area contributed by atoms with Gasteiger partial charge in [0.25, 0.3) is 0 Å². The molecule has 1 aliphatic rings. The van der Waals surface area contributed by atoms with E-state index < -0.39 is 29.9 Å². The van der Waals surface area contributed by atoms with E-state index in [-0.39, 0.29) is 19.5 Å². The first-order chi connectivity index (χ1) is 8.00. The van der Waals surface area contributed by atoms with Crippen LogP contribution in [0, 0.1) is 5.92 Å². The fraction of sp³-hybridized carbons (Fsp3) is 0.909. The SMILES string of the molecule is CC(C)(C)OC(=O)N1CCC(C(F)(F)F)C(O)C1. The number of ether oxygens (including phenoxy) is 1. The predicted octanol–water partition coefficient (Wildman–Crippen LogP) is 2.17. The normalized spacial score (nSPS) is 26.1. The van der Waals surface area contributed by atoms with Crippen LogP contribution in [-0.4, -0.2) is 47.1 Å². The summed E-state index contributed by atoms with van der Waals surface area (Å²) in [7, 11) is 0. The first-order valence-corrected chi connectivity index (χ1v) is 5.73. The number of carbonyl (C=O) groups excluding carboxylic acids is 1. The van der Waals surface area contributed by atoms with Crippen LogP contribution < -0.4 is 0 Å². The van der Waals surface area contributed by atoms with Gasteiger partial charge in [0.1, 0.15) is 5.60 Å². The number of hydrogen-bond donors (Lipinski definition) is 1.